The topological polar surface area (TPSA) is 72.7 Å². The first-order valence-corrected chi connectivity index (χ1v) is 11.9. The van der Waals surface area contributed by atoms with Gasteiger partial charge in [-0.3, -0.25) is 14.3 Å². The van der Waals surface area contributed by atoms with Crippen molar-refractivity contribution in [2.24, 2.45) is 0 Å². The molecule has 0 aliphatic carbocycles. The summed E-state index contributed by atoms with van der Waals surface area (Å²) >= 11 is 1.37. The zero-order chi connectivity index (χ0) is 23.2. The predicted octanol–water partition coefficient (Wildman–Crippen LogP) is 5.42. The molecule has 0 radical (unpaired) electrons. The summed E-state index contributed by atoms with van der Waals surface area (Å²) < 4.78 is 1.96. The average molecular weight is 458 g/mol. The maximum absolute atomic E-state index is 12.7. The molecule has 1 atom stereocenters. The maximum Gasteiger partial charge on any atom is 0.230 e. The Hall–Kier alpha value is -3.45. The summed E-state index contributed by atoms with van der Waals surface area (Å²) in [5.74, 6) is 1.37. The molecule has 2 heterocycles. The van der Waals surface area contributed by atoms with Crippen LogP contribution in [0.5, 0.6) is 0 Å². The van der Waals surface area contributed by atoms with Crippen LogP contribution in [-0.4, -0.2) is 31.4 Å². The molecule has 1 N–H and O–H groups in total. The fourth-order valence-corrected chi connectivity index (χ4v) is 4.28. The Morgan fingerprint density at radius 2 is 1.67 bits per heavy atom. The molecule has 1 unspecified atom stereocenters. The van der Waals surface area contributed by atoms with Crippen LogP contribution in [0.1, 0.15) is 43.9 Å². The second kappa shape index (κ2) is 10.4. The van der Waals surface area contributed by atoms with Crippen LogP contribution in [0.15, 0.2) is 84.3 Å². The lowest BCUT2D eigenvalue weighted by atomic mass is 10.00. The minimum atomic E-state index is -0.0720. The van der Waals surface area contributed by atoms with Gasteiger partial charge in [0.05, 0.1) is 11.8 Å². The summed E-state index contributed by atoms with van der Waals surface area (Å²) in [5, 5.41) is 12.5. The SMILES string of the molecule is CC(C)c1ccc(C(C)NC(=O)CSc2nnc(-c3cccnc3)n2-c2ccccc2)cc1. The van der Waals surface area contributed by atoms with E-state index in [-0.39, 0.29) is 17.7 Å². The Morgan fingerprint density at radius 1 is 0.939 bits per heavy atom. The molecule has 0 aliphatic heterocycles. The zero-order valence-electron chi connectivity index (χ0n) is 19.0. The molecule has 4 aromatic rings. The molecule has 6 nitrogen and oxygen atoms in total. The number of nitrogens with one attached hydrogen (secondary N) is 1. The molecule has 0 saturated carbocycles. The number of nitrogens with zero attached hydrogens (tertiary/aromatic N) is 4. The monoisotopic (exact) mass is 457 g/mol. The number of carbonyl (C=O) groups is 1. The molecule has 33 heavy (non-hydrogen) atoms. The average Bonchev–Trinajstić information content (AvgIpc) is 3.28. The van der Waals surface area contributed by atoms with Gasteiger partial charge in [0.1, 0.15) is 0 Å². The third kappa shape index (κ3) is 5.49. The first-order valence-electron chi connectivity index (χ1n) is 11.0. The van der Waals surface area contributed by atoms with Crippen molar-refractivity contribution in [3.05, 3.63) is 90.3 Å². The number of benzene rings is 2. The number of para-hydroxylation sites is 1. The van der Waals surface area contributed by atoms with E-state index in [1.165, 1.54) is 17.3 Å². The number of amides is 1. The number of aromatic nitrogens is 4. The van der Waals surface area contributed by atoms with E-state index in [4.69, 9.17) is 0 Å². The van der Waals surface area contributed by atoms with Gasteiger partial charge in [0.15, 0.2) is 11.0 Å². The van der Waals surface area contributed by atoms with E-state index < -0.39 is 0 Å². The van der Waals surface area contributed by atoms with Gasteiger partial charge in [-0.25, -0.2) is 0 Å². The molecule has 0 aliphatic rings. The van der Waals surface area contributed by atoms with Gasteiger partial charge in [0.2, 0.25) is 5.91 Å². The van der Waals surface area contributed by atoms with E-state index in [9.17, 15) is 4.79 Å². The molecule has 2 aromatic heterocycles. The molecule has 1 amide bonds. The molecule has 0 spiro atoms. The number of pyridine rings is 1. The van der Waals surface area contributed by atoms with Crippen LogP contribution in [0.3, 0.4) is 0 Å². The number of hydrogen-bond donors (Lipinski definition) is 1. The maximum atomic E-state index is 12.7. The Morgan fingerprint density at radius 3 is 2.33 bits per heavy atom. The van der Waals surface area contributed by atoms with E-state index in [2.05, 4.69) is 58.6 Å². The molecule has 0 fully saturated rings. The van der Waals surface area contributed by atoms with Gasteiger partial charge in [-0.15, -0.1) is 10.2 Å². The van der Waals surface area contributed by atoms with Crippen LogP contribution in [0.4, 0.5) is 0 Å². The largest absolute Gasteiger partial charge is 0.349 e. The van der Waals surface area contributed by atoms with Crippen molar-refractivity contribution >= 4 is 17.7 Å². The van der Waals surface area contributed by atoms with Crippen molar-refractivity contribution in [3.63, 3.8) is 0 Å². The molecular weight excluding hydrogens is 430 g/mol. The Labute approximate surface area is 198 Å². The van der Waals surface area contributed by atoms with Crippen molar-refractivity contribution in [3.8, 4) is 17.1 Å². The summed E-state index contributed by atoms with van der Waals surface area (Å²) in [4.78, 5) is 16.9. The van der Waals surface area contributed by atoms with E-state index >= 15 is 0 Å². The number of rotatable bonds is 8. The minimum absolute atomic E-state index is 0.0500. The lowest BCUT2D eigenvalue weighted by Gasteiger charge is -2.15. The van der Waals surface area contributed by atoms with Gasteiger partial charge in [-0.1, -0.05) is 68.1 Å². The minimum Gasteiger partial charge on any atom is -0.349 e. The van der Waals surface area contributed by atoms with Gasteiger partial charge < -0.3 is 5.32 Å². The Bertz CT molecular complexity index is 1190. The van der Waals surface area contributed by atoms with Crippen molar-refractivity contribution < 1.29 is 4.79 Å². The summed E-state index contributed by atoms with van der Waals surface area (Å²) in [7, 11) is 0. The van der Waals surface area contributed by atoms with Crippen LogP contribution in [-0.2, 0) is 4.79 Å². The van der Waals surface area contributed by atoms with Crippen molar-refractivity contribution in [1.29, 1.82) is 0 Å². The van der Waals surface area contributed by atoms with Gasteiger partial charge in [-0.2, -0.15) is 0 Å². The lowest BCUT2D eigenvalue weighted by molar-refractivity contribution is -0.119. The van der Waals surface area contributed by atoms with Gasteiger partial charge in [0.25, 0.3) is 0 Å². The van der Waals surface area contributed by atoms with E-state index in [1.807, 2.05) is 54.0 Å². The Balaban J connectivity index is 1.48. The first kappa shape index (κ1) is 22.7. The first-order chi connectivity index (χ1) is 16.0. The predicted molar refractivity (Wildman–Crippen MR) is 132 cm³/mol. The normalized spacial score (nSPS) is 12.0. The summed E-state index contributed by atoms with van der Waals surface area (Å²) in [5.41, 5.74) is 4.17. The fourth-order valence-electron chi connectivity index (χ4n) is 3.52. The van der Waals surface area contributed by atoms with Crippen LogP contribution >= 0.6 is 11.8 Å². The van der Waals surface area contributed by atoms with E-state index in [0.717, 1.165) is 16.8 Å². The quantitative estimate of drug-likeness (QED) is 0.358. The van der Waals surface area contributed by atoms with Crippen LogP contribution in [0, 0.1) is 0 Å². The smallest absolute Gasteiger partial charge is 0.230 e. The number of carbonyl (C=O) groups excluding carboxylic acids is 1. The summed E-state index contributed by atoms with van der Waals surface area (Å²) in [6, 6.07) is 22.1. The molecule has 0 bridgehead atoms. The van der Waals surface area contributed by atoms with E-state index in [0.29, 0.717) is 16.9 Å². The molecular formula is C26H27N5OS. The highest BCUT2D eigenvalue weighted by atomic mass is 32.2. The standard InChI is InChI=1S/C26H27N5OS/c1-18(2)20-11-13-21(14-12-20)19(3)28-24(32)17-33-26-30-29-25(22-8-7-15-27-16-22)31(26)23-9-5-4-6-10-23/h4-16,18-19H,17H2,1-3H3,(H,28,32). The third-order valence-corrected chi connectivity index (χ3v) is 6.31. The number of hydrogen-bond acceptors (Lipinski definition) is 5. The highest BCUT2D eigenvalue weighted by molar-refractivity contribution is 7.99. The van der Waals surface area contributed by atoms with Gasteiger partial charge >= 0.3 is 0 Å². The van der Waals surface area contributed by atoms with Crippen molar-refractivity contribution in [2.45, 2.75) is 37.9 Å². The second-order valence-electron chi connectivity index (χ2n) is 8.12. The second-order valence-corrected chi connectivity index (χ2v) is 9.06. The molecule has 0 saturated heterocycles. The highest BCUT2D eigenvalue weighted by Gasteiger charge is 2.18. The third-order valence-electron chi connectivity index (χ3n) is 5.38. The molecule has 7 heteroatoms. The highest BCUT2D eigenvalue weighted by Crippen LogP contribution is 2.27. The van der Waals surface area contributed by atoms with E-state index in [1.54, 1.807) is 12.4 Å². The van der Waals surface area contributed by atoms with Crippen LogP contribution in [0.25, 0.3) is 17.1 Å². The zero-order valence-corrected chi connectivity index (χ0v) is 19.8. The van der Waals surface area contributed by atoms with Gasteiger partial charge in [0, 0.05) is 23.6 Å². The Kier molecular flexibility index (Phi) is 7.19. The molecule has 168 valence electrons. The van der Waals surface area contributed by atoms with Gasteiger partial charge in [-0.05, 0) is 48.2 Å². The molecule has 4 rings (SSSR count). The molecule has 2 aromatic carbocycles. The van der Waals surface area contributed by atoms with Crippen molar-refractivity contribution in [1.82, 2.24) is 25.1 Å². The summed E-state index contributed by atoms with van der Waals surface area (Å²) in [6.45, 7) is 6.34. The lowest BCUT2D eigenvalue weighted by Crippen LogP contribution is -2.28. The van der Waals surface area contributed by atoms with Crippen LogP contribution < -0.4 is 5.32 Å². The summed E-state index contributed by atoms with van der Waals surface area (Å²) in [6.07, 6.45) is 3.49. The van der Waals surface area contributed by atoms with Crippen molar-refractivity contribution in [2.75, 3.05) is 5.75 Å². The number of thioether (sulfide) groups is 1. The fraction of sp³-hybridized carbons (Fsp3) is 0.231. The van der Waals surface area contributed by atoms with Crippen LogP contribution in [0.2, 0.25) is 0 Å².